The molecule has 2 rings (SSSR count). The van der Waals surface area contributed by atoms with Crippen LogP contribution < -0.4 is 5.32 Å². The lowest BCUT2D eigenvalue weighted by Crippen LogP contribution is -2.21. The second kappa shape index (κ2) is 7.20. The van der Waals surface area contributed by atoms with E-state index in [-0.39, 0.29) is 17.0 Å². The zero-order chi connectivity index (χ0) is 18.6. The summed E-state index contributed by atoms with van der Waals surface area (Å²) >= 11 is 0. The van der Waals surface area contributed by atoms with E-state index in [1.165, 1.54) is 31.2 Å². The van der Waals surface area contributed by atoms with Crippen LogP contribution in [0.3, 0.4) is 0 Å². The molecule has 0 atom stereocenters. The molecule has 0 bridgehead atoms. The fourth-order valence-electron chi connectivity index (χ4n) is 1.89. The molecule has 0 saturated carbocycles. The van der Waals surface area contributed by atoms with Gasteiger partial charge in [-0.15, -0.1) is 0 Å². The summed E-state index contributed by atoms with van der Waals surface area (Å²) in [5.74, 6) is -1.58. The zero-order valence-corrected chi connectivity index (χ0v) is 12.9. The minimum absolute atomic E-state index is 0.0229. The molecule has 0 unspecified atom stereocenters. The number of rotatable bonds is 4. The van der Waals surface area contributed by atoms with Crippen LogP contribution in [-0.4, -0.2) is 28.6 Å². The first-order valence-electron chi connectivity index (χ1n) is 6.97. The van der Waals surface area contributed by atoms with Gasteiger partial charge in [-0.25, -0.2) is 9.78 Å². The molecule has 9 heteroatoms. The number of carbonyl (C=O) groups is 2. The van der Waals surface area contributed by atoms with Gasteiger partial charge in [0.15, 0.2) is 6.61 Å². The Bertz CT molecular complexity index is 789. The summed E-state index contributed by atoms with van der Waals surface area (Å²) in [5, 5.41) is 11.6. The van der Waals surface area contributed by atoms with Crippen molar-refractivity contribution in [3.8, 4) is 5.75 Å². The lowest BCUT2D eigenvalue weighted by atomic mass is 10.2. The molecular weight excluding hydrogens is 341 g/mol. The largest absolute Gasteiger partial charge is 0.508 e. The van der Waals surface area contributed by atoms with Crippen LogP contribution in [0, 0.1) is 6.92 Å². The van der Waals surface area contributed by atoms with Crippen molar-refractivity contribution in [1.82, 2.24) is 4.98 Å². The molecule has 0 saturated heterocycles. The lowest BCUT2D eigenvalue weighted by Gasteiger charge is -2.10. The summed E-state index contributed by atoms with van der Waals surface area (Å²) < 4.78 is 42.4. The minimum Gasteiger partial charge on any atom is -0.508 e. The maximum Gasteiger partial charge on any atom is 0.433 e. The van der Waals surface area contributed by atoms with Crippen LogP contribution in [0.5, 0.6) is 5.75 Å². The quantitative estimate of drug-likeness (QED) is 0.651. The van der Waals surface area contributed by atoms with Crippen molar-refractivity contribution in [3.63, 3.8) is 0 Å². The number of anilines is 1. The number of hydrogen-bond donors (Lipinski definition) is 2. The SMILES string of the molecule is Cc1nc(C(F)(F)F)ccc1C(=O)OCC(=O)Nc1ccc(O)cc1. The molecule has 25 heavy (non-hydrogen) atoms. The van der Waals surface area contributed by atoms with Crippen molar-refractivity contribution >= 4 is 17.6 Å². The number of nitrogens with one attached hydrogen (secondary N) is 1. The van der Waals surface area contributed by atoms with E-state index in [0.29, 0.717) is 11.8 Å². The fraction of sp³-hybridized carbons (Fsp3) is 0.188. The van der Waals surface area contributed by atoms with Crippen molar-refractivity contribution in [2.45, 2.75) is 13.1 Å². The number of phenols is 1. The second-order valence-corrected chi connectivity index (χ2v) is 5.00. The monoisotopic (exact) mass is 354 g/mol. The van der Waals surface area contributed by atoms with Gasteiger partial charge in [0.1, 0.15) is 11.4 Å². The number of pyridine rings is 1. The molecule has 1 amide bonds. The molecular formula is C16H13F3N2O4. The molecule has 0 radical (unpaired) electrons. The van der Waals surface area contributed by atoms with E-state index in [1.54, 1.807) is 0 Å². The maximum absolute atomic E-state index is 12.5. The number of benzene rings is 1. The predicted octanol–water partition coefficient (Wildman–Crippen LogP) is 2.91. The Labute approximate surface area is 140 Å². The Morgan fingerprint density at radius 2 is 1.80 bits per heavy atom. The topological polar surface area (TPSA) is 88.5 Å². The molecule has 0 spiro atoms. The smallest absolute Gasteiger partial charge is 0.433 e. The predicted molar refractivity (Wildman–Crippen MR) is 81.0 cm³/mol. The van der Waals surface area contributed by atoms with Gasteiger partial charge in [0.25, 0.3) is 5.91 Å². The molecule has 2 N–H and O–H groups in total. The Kier molecular flexibility index (Phi) is 5.26. The van der Waals surface area contributed by atoms with Gasteiger partial charge in [-0.05, 0) is 43.3 Å². The molecule has 132 valence electrons. The Morgan fingerprint density at radius 3 is 2.36 bits per heavy atom. The van der Waals surface area contributed by atoms with Gasteiger partial charge < -0.3 is 15.2 Å². The van der Waals surface area contributed by atoms with Gasteiger partial charge >= 0.3 is 12.1 Å². The molecule has 1 heterocycles. The van der Waals surface area contributed by atoms with Crippen molar-refractivity contribution in [2.75, 3.05) is 11.9 Å². The third-order valence-electron chi connectivity index (χ3n) is 3.08. The van der Waals surface area contributed by atoms with Crippen molar-refractivity contribution < 1.29 is 32.6 Å². The normalized spacial score (nSPS) is 11.0. The van der Waals surface area contributed by atoms with E-state index < -0.39 is 30.4 Å². The minimum atomic E-state index is -4.61. The number of phenolic OH excluding ortho intramolecular Hbond substituents is 1. The maximum atomic E-state index is 12.5. The standard InChI is InChI=1S/C16H13F3N2O4/c1-9-12(6-7-13(20-9)16(17,18)19)15(24)25-8-14(23)21-10-2-4-11(22)5-3-10/h2-7,22H,8H2,1H3,(H,21,23). The molecule has 1 aromatic carbocycles. The summed E-state index contributed by atoms with van der Waals surface area (Å²) in [6.45, 7) is 0.614. The zero-order valence-electron chi connectivity index (χ0n) is 12.9. The number of halogens is 3. The third-order valence-corrected chi connectivity index (χ3v) is 3.08. The number of alkyl halides is 3. The molecule has 2 aromatic rings. The second-order valence-electron chi connectivity index (χ2n) is 5.00. The summed E-state index contributed by atoms with van der Waals surface area (Å²) in [4.78, 5) is 26.9. The van der Waals surface area contributed by atoms with Gasteiger partial charge in [0, 0.05) is 5.69 Å². The molecule has 0 fully saturated rings. The molecule has 1 aromatic heterocycles. The molecule has 0 aliphatic carbocycles. The number of aromatic hydroxyl groups is 1. The number of nitrogens with zero attached hydrogens (tertiary/aromatic N) is 1. The molecule has 6 nitrogen and oxygen atoms in total. The first-order chi connectivity index (χ1) is 11.7. The van der Waals surface area contributed by atoms with Crippen molar-refractivity contribution in [3.05, 3.63) is 53.3 Å². The van der Waals surface area contributed by atoms with Crippen LogP contribution in [0.4, 0.5) is 18.9 Å². The number of hydrogen-bond acceptors (Lipinski definition) is 5. The first-order valence-corrected chi connectivity index (χ1v) is 6.97. The highest BCUT2D eigenvalue weighted by atomic mass is 19.4. The van der Waals surface area contributed by atoms with E-state index in [9.17, 15) is 22.8 Å². The Morgan fingerprint density at radius 1 is 1.16 bits per heavy atom. The number of ether oxygens (including phenoxy) is 1. The van der Waals surface area contributed by atoms with Gasteiger partial charge in [0.05, 0.1) is 11.3 Å². The Balaban J connectivity index is 1.95. The summed E-state index contributed by atoms with van der Waals surface area (Å²) in [7, 11) is 0. The fourth-order valence-corrected chi connectivity index (χ4v) is 1.89. The highest BCUT2D eigenvalue weighted by molar-refractivity contribution is 5.95. The number of amides is 1. The molecule has 0 aliphatic heterocycles. The van der Waals surface area contributed by atoms with Crippen LogP contribution in [0.15, 0.2) is 36.4 Å². The van der Waals surface area contributed by atoms with E-state index in [4.69, 9.17) is 9.84 Å². The van der Waals surface area contributed by atoms with E-state index in [2.05, 4.69) is 10.3 Å². The van der Waals surface area contributed by atoms with Crippen LogP contribution >= 0.6 is 0 Å². The van der Waals surface area contributed by atoms with E-state index in [0.717, 1.165) is 6.07 Å². The summed E-state index contributed by atoms with van der Waals surface area (Å²) in [5.41, 5.74) is -1.05. The van der Waals surface area contributed by atoms with Gasteiger partial charge in [-0.3, -0.25) is 4.79 Å². The van der Waals surface area contributed by atoms with Gasteiger partial charge in [0.2, 0.25) is 0 Å². The van der Waals surface area contributed by atoms with Gasteiger partial charge in [-0.1, -0.05) is 0 Å². The first kappa shape index (κ1) is 18.2. The molecule has 0 aliphatic rings. The average Bonchev–Trinajstić information content (AvgIpc) is 2.54. The van der Waals surface area contributed by atoms with Crippen molar-refractivity contribution in [1.29, 1.82) is 0 Å². The van der Waals surface area contributed by atoms with Crippen LogP contribution in [0.1, 0.15) is 21.7 Å². The van der Waals surface area contributed by atoms with Crippen LogP contribution in [-0.2, 0) is 15.7 Å². The Hall–Kier alpha value is -3.10. The van der Waals surface area contributed by atoms with Crippen LogP contribution in [0.2, 0.25) is 0 Å². The number of aryl methyl sites for hydroxylation is 1. The van der Waals surface area contributed by atoms with Crippen molar-refractivity contribution in [2.24, 2.45) is 0 Å². The average molecular weight is 354 g/mol. The lowest BCUT2D eigenvalue weighted by molar-refractivity contribution is -0.141. The summed E-state index contributed by atoms with van der Waals surface area (Å²) in [6, 6.07) is 7.22. The highest BCUT2D eigenvalue weighted by Gasteiger charge is 2.33. The number of esters is 1. The third kappa shape index (κ3) is 4.93. The number of aromatic nitrogens is 1. The van der Waals surface area contributed by atoms with E-state index >= 15 is 0 Å². The van der Waals surface area contributed by atoms with Gasteiger partial charge in [-0.2, -0.15) is 13.2 Å². The van der Waals surface area contributed by atoms with Crippen LogP contribution in [0.25, 0.3) is 0 Å². The van der Waals surface area contributed by atoms with E-state index in [1.807, 2.05) is 0 Å². The number of carbonyl (C=O) groups excluding carboxylic acids is 2. The highest BCUT2D eigenvalue weighted by Crippen LogP contribution is 2.28. The summed E-state index contributed by atoms with van der Waals surface area (Å²) in [6.07, 6.45) is -4.61.